The van der Waals surface area contributed by atoms with Gasteiger partial charge in [-0.1, -0.05) is 37.3 Å². The third-order valence-corrected chi connectivity index (χ3v) is 3.21. The predicted molar refractivity (Wildman–Crippen MR) is 65.9 cm³/mol. The zero-order valence-electron chi connectivity index (χ0n) is 9.22. The van der Waals surface area contributed by atoms with Gasteiger partial charge in [-0.05, 0) is 12.0 Å². The van der Waals surface area contributed by atoms with Crippen LogP contribution >= 0.6 is 11.7 Å². The fourth-order valence-corrected chi connectivity index (χ4v) is 2.34. The van der Waals surface area contributed by atoms with Crippen molar-refractivity contribution in [3.63, 3.8) is 0 Å². The van der Waals surface area contributed by atoms with Gasteiger partial charge in [-0.3, -0.25) is 4.79 Å². The quantitative estimate of drug-likeness (QED) is 0.813. The van der Waals surface area contributed by atoms with Crippen LogP contribution in [0.3, 0.4) is 0 Å². The Morgan fingerprint density at radius 1 is 1.31 bits per heavy atom. The van der Waals surface area contributed by atoms with Crippen molar-refractivity contribution in [2.24, 2.45) is 0 Å². The summed E-state index contributed by atoms with van der Waals surface area (Å²) in [5.74, 6) is 0. The van der Waals surface area contributed by atoms with Crippen molar-refractivity contribution < 1.29 is 0 Å². The van der Waals surface area contributed by atoms with Crippen molar-refractivity contribution in [3.8, 4) is 0 Å². The maximum absolute atomic E-state index is 11.9. The first-order valence-electron chi connectivity index (χ1n) is 5.41. The summed E-state index contributed by atoms with van der Waals surface area (Å²) in [6.45, 7) is 2.83. The Bertz CT molecular complexity index is 501. The van der Waals surface area contributed by atoms with Crippen LogP contribution in [-0.2, 0) is 13.0 Å². The summed E-state index contributed by atoms with van der Waals surface area (Å²) in [5.41, 5.74) is 1.86. The van der Waals surface area contributed by atoms with E-state index in [0.29, 0.717) is 12.1 Å². The Labute approximate surface area is 98.7 Å². The van der Waals surface area contributed by atoms with Crippen LogP contribution in [-0.4, -0.2) is 8.33 Å². The molecule has 0 bridgehead atoms. The summed E-state index contributed by atoms with van der Waals surface area (Å²) >= 11 is 1.27. The Balaban J connectivity index is 2.20. The second kappa shape index (κ2) is 5.07. The van der Waals surface area contributed by atoms with Crippen LogP contribution in [0, 0.1) is 0 Å². The van der Waals surface area contributed by atoms with Gasteiger partial charge in [0.15, 0.2) is 0 Å². The number of rotatable bonds is 4. The topological polar surface area (TPSA) is 34.9 Å². The molecule has 0 saturated heterocycles. The smallest absolute Gasteiger partial charge is 0.266 e. The van der Waals surface area contributed by atoms with Crippen LogP contribution in [0.15, 0.2) is 35.1 Å². The largest absolute Gasteiger partial charge is 0.283 e. The molecule has 0 amide bonds. The van der Waals surface area contributed by atoms with E-state index in [1.54, 1.807) is 3.96 Å². The van der Waals surface area contributed by atoms with Gasteiger partial charge in [-0.2, -0.15) is 4.37 Å². The molecular formula is C12H14N2OS. The molecule has 16 heavy (non-hydrogen) atoms. The van der Waals surface area contributed by atoms with E-state index in [1.807, 2.05) is 30.3 Å². The molecule has 4 heteroatoms. The molecule has 0 saturated carbocycles. The highest BCUT2D eigenvalue weighted by Gasteiger charge is 2.08. The molecule has 0 unspecified atom stereocenters. The first kappa shape index (κ1) is 11.1. The molecule has 0 aliphatic rings. The molecule has 0 atom stereocenters. The van der Waals surface area contributed by atoms with Crippen molar-refractivity contribution in [1.29, 1.82) is 0 Å². The summed E-state index contributed by atoms with van der Waals surface area (Å²) in [6.07, 6.45) is 1.60. The number of aromatic nitrogens is 2. The normalized spacial score (nSPS) is 10.6. The van der Waals surface area contributed by atoms with Crippen LogP contribution in [0.5, 0.6) is 0 Å². The molecule has 84 valence electrons. The summed E-state index contributed by atoms with van der Waals surface area (Å²) in [7, 11) is 0. The van der Waals surface area contributed by atoms with Gasteiger partial charge in [0, 0.05) is 24.7 Å². The molecule has 2 aromatic rings. The molecule has 1 aromatic heterocycles. The van der Waals surface area contributed by atoms with Gasteiger partial charge in [-0.25, -0.2) is 3.96 Å². The zero-order chi connectivity index (χ0) is 11.4. The third kappa shape index (κ3) is 2.39. The van der Waals surface area contributed by atoms with Gasteiger partial charge in [0.25, 0.3) is 5.56 Å². The lowest BCUT2D eigenvalue weighted by molar-refractivity contribution is 0.709. The lowest BCUT2D eigenvalue weighted by atomic mass is 10.1. The molecule has 2 rings (SSSR count). The van der Waals surface area contributed by atoms with Crippen molar-refractivity contribution in [1.82, 2.24) is 8.33 Å². The minimum Gasteiger partial charge on any atom is -0.266 e. The van der Waals surface area contributed by atoms with Crippen molar-refractivity contribution in [2.45, 2.75) is 26.3 Å². The van der Waals surface area contributed by atoms with E-state index in [2.05, 4.69) is 11.3 Å². The summed E-state index contributed by atoms with van der Waals surface area (Å²) in [4.78, 5) is 11.9. The first-order valence-corrected chi connectivity index (χ1v) is 6.14. The minimum absolute atomic E-state index is 0.0655. The van der Waals surface area contributed by atoms with Crippen LogP contribution in [0.2, 0.25) is 0 Å². The lowest BCUT2D eigenvalue weighted by Gasteiger charge is -1.95. The van der Waals surface area contributed by atoms with E-state index < -0.39 is 0 Å². The molecule has 1 heterocycles. The van der Waals surface area contributed by atoms with Crippen LogP contribution in [0.25, 0.3) is 0 Å². The fraction of sp³-hybridized carbons (Fsp3) is 0.333. The maximum Gasteiger partial charge on any atom is 0.283 e. The number of aryl methyl sites for hydroxylation is 1. The Kier molecular flexibility index (Phi) is 3.51. The van der Waals surface area contributed by atoms with Gasteiger partial charge in [0.1, 0.15) is 5.69 Å². The van der Waals surface area contributed by atoms with Crippen molar-refractivity contribution >= 4 is 11.7 Å². The number of hydrogen-bond acceptors (Lipinski definition) is 3. The molecule has 1 aromatic carbocycles. The molecule has 0 aliphatic carbocycles. The molecule has 3 nitrogen and oxygen atoms in total. The predicted octanol–water partition coefficient (Wildman–Crippen LogP) is 2.31. The summed E-state index contributed by atoms with van der Waals surface area (Å²) < 4.78 is 5.94. The van der Waals surface area contributed by atoms with Crippen LogP contribution < -0.4 is 5.56 Å². The maximum atomic E-state index is 11.9. The van der Waals surface area contributed by atoms with Gasteiger partial charge < -0.3 is 0 Å². The van der Waals surface area contributed by atoms with E-state index in [0.717, 1.165) is 18.5 Å². The highest BCUT2D eigenvalue weighted by Crippen LogP contribution is 2.05. The van der Waals surface area contributed by atoms with Crippen LogP contribution in [0.4, 0.5) is 0 Å². The SMILES string of the molecule is CCCn1snc(Cc2ccccc2)c1=O. The Hall–Kier alpha value is -1.42. The zero-order valence-corrected chi connectivity index (χ0v) is 10.0. The molecule has 0 radical (unpaired) electrons. The van der Waals surface area contributed by atoms with Gasteiger partial charge >= 0.3 is 0 Å². The van der Waals surface area contributed by atoms with E-state index in [1.165, 1.54) is 11.7 Å². The standard InChI is InChI=1S/C12H14N2OS/c1-2-8-14-12(15)11(13-16-14)9-10-6-4-3-5-7-10/h3-7H,2,8-9H2,1H3. The van der Waals surface area contributed by atoms with Gasteiger partial charge in [0.05, 0.1) is 0 Å². The second-order valence-corrected chi connectivity index (χ2v) is 4.48. The third-order valence-electron chi connectivity index (χ3n) is 2.36. The van der Waals surface area contributed by atoms with E-state index in [-0.39, 0.29) is 5.56 Å². The van der Waals surface area contributed by atoms with E-state index >= 15 is 0 Å². The van der Waals surface area contributed by atoms with E-state index in [4.69, 9.17) is 0 Å². The lowest BCUT2D eigenvalue weighted by Crippen LogP contribution is -2.16. The molecule has 0 aliphatic heterocycles. The van der Waals surface area contributed by atoms with Crippen molar-refractivity contribution in [3.05, 3.63) is 51.9 Å². The average Bonchev–Trinajstić information content (AvgIpc) is 2.64. The molecule has 0 fully saturated rings. The molecule has 0 N–H and O–H groups in total. The number of nitrogens with zero attached hydrogens (tertiary/aromatic N) is 2. The molecule has 0 spiro atoms. The average molecular weight is 234 g/mol. The highest BCUT2D eigenvalue weighted by atomic mass is 32.1. The summed E-state index contributed by atoms with van der Waals surface area (Å²) in [5, 5.41) is 0. The second-order valence-electron chi connectivity index (χ2n) is 3.69. The number of hydrogen-bond donors (Lipinski definition) is 0. The monoisotopic (exact) mass is 234 g/mol. The van der Waals surface area contributed by atoms with Crippen LogP contribution in [0.1, 0.15) is 24.6 Å². The summed E-state index contributed by atoms with van der Waals surface area (Å²) in [6, 6.07) is 9.96. The van der Waals surface area contributed by atoms with Gasteiger partial charge in [-0.15, -0.1) is 0 Å². The van der Waals surface area contributed by atoms with Crippen molar-refractivity contribution in [2.75, 3.05) is 0 Å². The van der Waals surface area contributed by atoms with Gasteiger partial charge in [0.2, 0.25) is 0 Å². The first-order chi connectivity index (χ1) is 7.81. The van der Waals surface area contributed by atoms with E-state index in [9.17, 15) is 4.79 Å². The number of benzene rings is 1. The fourth-order valence-electron chi connectivity index (χ4n) is 1.56. The highest BCUT2D eigenvalue weighted by molar-refractivity contribution is 6.99. The molecular weight excluding hydrogens is 220 g/mol. The Morgan fingerprint density at radius 2 is 2.06 bits per heavy atom. The Morgan fingerprint density at radius 3 is 2.75 bits per heavy atom. The minimum atomic E-state index is 0.0655.